The molecule has 0 saturated carbocycles. The van der Waals surface area contributed by atoms with Crippen LogP contribution in [0.1, 0.15) is 32.6 Å². The highest BCUT2D eigenvalue weighted by atomic mass is 32.2. The summed E-state index contributed by atoms with van der Waals surface area (Å²) in [5, 5.41) is 0.172. The number of carbonyl (C=O) groups is 2. The minimum absolute atomic E-state index is 0.0849. The number of anilines is 2. The largest absolute Gasteiger partial charge is 0.371 e. The first-order valence-electron chi connectivity index (χ1n) is 7.96. The predicted molar refractivity (Wildman–Crippen MR) is 91.5 cm³/mol. The van der Waals surface area contributed by atoms with E-state index >= 15 is 0 Å². The van der Waals surface area contributed by atoms with Gasteiger partial charge in [0.2, 0.25) is 5.91 Å². The summed E-state index contributed by atoms with van der Waals surface area (Å²) in [7, 11) is 0. The minimum atomic E-state index is 0.0849. The lowest BCUT2D eigenvalue weighted by Crippen LogP contribution is -2.30. The monoisotopic (exact) mass is 318 g/mol. The van der Waals surface area contributed by atoms with Crippen molar-refractivity contribution in [1.29, 1.82) is 0 Å². The van der Waals surface area contributed by atoms with Crippen molar-refractivity contribution in [2.45, 2.75) is 37.9 Å². The third-order valence-electron chi connectivity index (χ3n) is 4.28. The topological polar surface area (TPSA) is 40.6 Å². The van der Waals surface area contributed by atoms with Crippen molar-refractivity contribution in [3.8, 4) is 0 Å². The lowest BCUT2D eigenvalue weighted by atomic mass is 10.1. The van der Waals surface area contributed by atoms with Crippen LogP contribution in [-0.4, -0.2) is 35.9 Å². The van der Waals surface area contributed by atoms with Crippen molar-refractivity contribution < 1.29 is 9.59 Å². The molecule has 3 rings (SSSR count). The van der Waals surface area contributed by atoms with Crippen LogP contribution in [-0.2, 0) is 9.59 Å². The van der Waals surface area contributed by atoms with Crippen molar-refractivity contribution in [2.24, 2.45) is 0 Å². The average Bonchev–Trinajstić information content (AvgIpc) is 2.88. The van der Waals surface area contributed by atoms with Crippen molar-refractivity contribution in [2.75, 3.05) is 29.4 Å². The fourth-order valence-corrected chi connectivity index (χ4v) is 4.17. The molecule has 2 aliphatic rings. The zero-order chi connectivity index (χ0) is 15.5. The molecule has 4 nitrogen and oxygen atoms in total. The maximum Gasteiger partial charge on any atom is 0.228 e. The van der Waals surface area contributed by atoms with Gasteiger partial charge in [-0.1, -0.05) is 17.8 Å². The second-order valence-electron chi connectivity index (χ2n) is 6.01. The molecule has 118 valence electrons. The Morgan fingerprint density at radius 3 is 2.64 bits per heavy atom. The van der Waals surface area contributed by atoms with E-state index in [1.165, 1.54) is 36.7 Å². The number of hydrogen-bond donors (Lipinski definition) is 0. The van der Waals surface area contributed by atoms with Gasteiger partial charge in [-0.05, 0) is 37.5 Å². The van der Waals surface area contributed by atoms with Gasteiger partial charge in [0.1, 0.15) is 0 Å². The summed E-state index contributed by atoms with van der Waals surface area (Å²) in [6, 6.07) is 8.26. The number of nitrogens with zero attached hydrogens (tertiary/aromatic N) is 2. The van der Waals surface area contributed by atoms with Crippen LogP contribution in [0.4, 0.5) is 11.4 Å². The molecule has 0 N–H and O–H groups in total. The Morgan fingerprint density at radius 2 is 1.91 bits per heavy atom. The van der Waals surface area contributed by atoms with Gasteiger partial charge < -0.3 is 9.80 Å². The quantitative estimate of drug-likeness (QED) is 0.859. The second-order valence-corrected chi connectivity index (χ2v) is 7.48. The van der Waals surface area contributed by atoms with Crippen LogP contribution in [0.25, 0.3) is 0 Å². The van der Waals surface area contributed by atoms with Gasteiger partial charge >= 0.3 is 0 Å². The van der Waals surface area contributed by atoms with Crippen molar-refractivity contribution >= 4 is 34.2 Å². The summed E-state index contributed by atoms with van der Waals surface area (Å²) in [6.45, 7) is 4.39. The van der Waals surface area contributed by atoms with E-state index in [0.717, 1.165) is 18.8 Å². The predicted octanol–water partition coefficient (Wildman–Crippen LogP) is 3.06. The van der Waals surface area contributed by atoms with Crippen LogP contribution in [0.5, 0.6) is 0 Å². The Morgan fingerprint density at radius 1 is 1.18 bits per heavy atom. The van der Waals surface area contributed by atoms with Gasteiger partial charge in [0.15, 0.2) is 5.12 Å². The number of piperidine rings is 1. The molecule has 2 aliphatic heterocycles. The molecular weight excluding hydrogens is 296 g/mol. The zero-order valence-electron chi connectivity index (χ0n) is 13.0. The Hall–Kier alpha value is -1.49. The molecule has 2 heterocycles. The molecule has 5 heteroatoms. The fraction of sp³-hybridized carbons (Fsp3) is 0.529. The Kier molecular flexibility index (Phi) is 4.71. The third kappa shape index (κ3) is 3.46. The van der Waals surface area contributed by atoms with Gasteiger partial charge in [-0.25, -0.2) is 0 Å². The smallest absolute Gasteiger partial charge is 0.228 e. The first-order valence-corrected chi connectivity index (χ1v) is 8.84. The van der Waals surface area contributed by atoms with E-state index < -0.39 is 0 Å². The normalized spacial score (nSPS) is 22.2. The van der Waals surface area contributed by atoms with E-state index in [1.54, 1.807) is 6.92 Å². The summed E-state index contributed by atoms with van der Waals surface area (Å²) in [6.07, 6.45) is 4.25. The Labute approximate surface area is 135 Å². The van der Waals surface area contributed by atoms with Crippen molar-refractivity contribution in [3.05, 3.63) is 24.3 Å². The molecule has 1 amide bonds. The number of thioether (sulfide) groups is 1. The molecule has 1 aromatic carbocycles. The highest BCUT2D eigenvalue weighted by Crippen LogP contribution is 2.31. The molecule has 0 spiro atoms. The van der Waals surface area contributed by atoms with E-state index in [-0.39, 0.29) is 16.3 Å². The molecular formula is C17H22N2O2S. The second kappa shape index (κ2) is 6.73. The van der Waals surface area contributed by atoms with Gasteiger partial charge in [0.25, 0.3) is 0 Å². The van der Waals surface area contributed by atoms with Gasteiger partial charge in [-0.15, -0.1) is 0 Å². The SMILES string of the molecule is CC(=O)SC1CC(=O)N(c2cccc(N3CCCCC3)c2)C1. The standard InChI is InChI=1S/C17H22N2O2S/c1-13(20)22-16-11-17(21)19(12-16)15-7-5-6-14(10-15)18-8-3-2-4-9-18/h5-7,10,16H,2-4,8-9,11-12H2,1H3. The third-order valence-corrected chi connectivity index (χ3v) is 5.27. The van der Waals surface area contributed by atoms with E-state index in [0.29, 0.717) is 13.0 Å². The first kappa shape index (κ1) is 15.4. The highest BCUT2D eigenvalue weighted by Gasteiger charge is 2.32. The van der Waals surface area contributed by atoms with E-state index in [2.05, 4.69) is 17.0 Å². The molecule has 1 aromatic rings. The summed E-state index contributed by atoms with van der Waals surface area (Å²) in [4.78, 5) is 27.7. The van der Waals surface area contributed by atoms with Crippen LogP contribution < -0.4 is 9.80 Å². The molecule has 2 saturated heterocycles. The highest BCUT2D eigenvalue weighted by molar-refractivity contribution is 8.14. The summed E-state index contributed by atoms with van der Waals surface area (Å²) in [5.74, 6) is 0.120. The first-order chi connectivity index (χ1) is 10.6. The minimum Gasteiger partial charge on any atom is -0.371 e. The lowest BCUT2D eigenvalue weighted by Gasteiger charge is -2.29. The lowest BCUT2D eigenvalue weighted by molar-refractivity contribution is -0.117. The van der Waals surface area contributed by atoms with Crippen molar-refractivity contribution in [1.82, 2.24) is 0 Å². The van der Waals surface area contributed by atoms with Crippen LogP contribution in [0, 0.1) is 0 Å². The number of carbonyl (C=O) groups excluding carboxylic acids is 2. The van der Waals surface area contributed by atoms with Crippen LogP contribution in [0.3, 0.4) is 0 Å². The molecule has 22 heavy (non-hydrogen) atoms. The van der Waals surface area contributed by atoms with Gasteiger partial charge in [0.05, 0.1) is 0 Å². The molecule has 1 atom stereocenters. The Balaban J connectivity index is 1.74. The average molecular weight is 318 g/mol. The molecule has 1 unspecified atom stereocenters. The van der Waals surface area contributed by atoms with Crippen LogP contribution >= 0.6 is 11.8 Å². The Bertz CT molecular complexity index is 570. The van der Waals surface area contributed by atoms with Gasteiger partial charge in [-0.3, -0.25) is 9.59 Å². The fourth-order valence-electron chi connectivity index (χ4n) is 3.25. The summed E-state index contributed by atoms with van der Waals surface area (Å²) >= 11 is 1.28. The van der Waals surface area contributed by atoms with Gasteiger partial charge in [-0.2, -0.15) is 0 Å². The summed E-state index contributed by atoms with van der Waals surface area (Å²) in [5.41, 5.74) is 2.16. The maximum absolute atomic E-state index is 12.2. The zero-order valence-corrected chi connectivity index (χ0v) is 13.8. The van der Waals surface area contributed by atoms with Crippen LogP contribution in [0.15, 0.2) is 24.3 Å². The van der Waals surface area contributed by atoms with Crippen LogP contribution in [0.2, 0.25) is 0 Å². The van der Waals surface area contributed by atoms with E-state index in [4.69, 9.17) is 0 Å². The molecule has 0 bridgehead atoms. The molecule has 0 aliphatic carbocycles. The van der Waals surface area contributed by atoms with E-state index in [9.17, 15) is 9.59 Å². The van der Waals surface area contributed by atoms with Gasteiger partial charge in [0, 0.05) is 49.6 Å². The molecule has 0 radical (unpaired) electrons. The molecule has 2 fully saturated rings. The number of hydrogen-bond acceptors (Lipinski definition) is 4. The molecule has 0 aromatic heterocycles. The number of rotatable bonds is 3. The van der Waals surface area contributed by atoms with Crippen molar-refractivity contribution in [3.63, 3.8) is 0 Å². The number of benzene rings is 1. The summed E-state index contributed by atoms with van der Waals surface area (Å²) < 4.78 is 0. The maximum atomic E-state index is 12.2. The number of amides is 1. The van der Waals surface area contributed by atoms with E-state index in [1.807, 2.05) is 17.0 Å².